The normalized spacial score (nSPS) is 10.0. The lowest BCUT2D eigenvalue weighted by Gasteiger charge is -2.10. The van der Waals surface area contributed by atoms with Gasteiger partial charge >= 0.3 is 5.97 Å². The number of benzene rings is 3. The lowest BCUT2D eigenvalue weighted by atomic mass is 10.2. The van der Waals surface area contributed by atoms with E-state index in [1.165, 1.54) is 7.11 Å². The summed E-state index contributed by atoms with van der Waals surface area (Å²) in [5, 5.41) is 6.01. The second-order valence-electron chi connectivity index (χ2n) is 5.92. The first-order valence-corrected chi connectivity index (χ1v) is 8.67. The van der Waals surface area contributed by atoms with Crippen LogP contribution in [0, 0.1) is 0 Å². The lowest BCUT2D eigenvalue weighted by molar-refractivity contribution is -0.118. The van der Waals surface area contributed by atoms with Crippen molar-refractivity contribution in [3.63, 3.8) is 0 Å². The van der Waals surface area contributed by atoms with E-state index in [1.54, 1.807) is 48.5 Å². The zero-order valence-electron chi connectivity index (χ0n) is 15.3. The number of esters is 1. The van der Waals surface area contributed by atoms with Gasteiger partial charge in [0.15, 0.2) is 6.61 Å². The van der Waals surface area contributed by atoms with Gasteiger partial charge in [-0.05, 0) is 60.7 Å². The van der Waals surface area contributed by atoms with Crippen LogP contribution in [0.3, 0.4) is 0 Å². The number of hydrogen-bond donors (Lipinski definition) is 2. The molecule has 0 aliphatic rings. The molecule has 6 heteroatoms. The zero-order chi connectivity index (χ0) is 19.8. The van der Waals surface area contributed by atoms with E-state index in [0.29, 0.717) is 17.0 Å². The van der Waals surface area contributed by atoms with Crippen molar-refractivity contribution in [1.29, 1.82) is 0 Å². The van der Waals surface area contributed by atoms with E-state index in [9.17, 15) is 9.59 Å². The molecule has 0 radical (unpaired) electrons. The summed E-state index contributed by atoms with van der Waals surface area (Å²) in [6.07, 6.45) is 0. The summed E-state index contributed by atoms with van der Waals surface area (Å²) in [4.78, 5) is 23.4. The average Bonchev–Trinajstić information content (AvgIpc) is 2.74. The Morgan fingerprint density at radius 3 is 1.96 bits per heavy atom. The molecule has 3 aromatic rings. The molecule has 3 aromatic carbocycles. The number of hydrogen-bond acceptors (Lipinski definition) is 5. The number of nitrogens with one attached hydrogen (secondary N) is 2. The highest BCUT2D eigenvalue weighted by atomic mass is 16.5. The van der Waals surface area contributed by atoms with Gasteiger partial charge in [0.2, 0.25) is 0 Å². The first kappa shape index (κ1) is 19.0. The summed E-state index contributed by atoms with van der Waals surface area (Å²) in [5.41, 5.74) is 2.85. The summed E-state index contributed by atoms with van der Waals surface area (Å²) in [6.45, 7) is -0.0590. The number of carbonyl (C=O) groups excluding carboxylic acids is 2. The molecular weight excluding hydrogens is 356 g/mol. The summed E-state index contributed by atoms with van der Waals surface area (Å²) in [5.74, 6) is 0.0428. The first-order valence-electron chi connectivity index (χ1n) is 8.67. The molecule has 0 fully saturated rings. The minimum atomic E-state index is -0.372. The Kier molecular flexibility index (Phi) is 6.25. The number of para-hydroxylation sites is 1. The predicted molar refractivity (Wildman–Crippen MR) is 108 cm³/mol. The molecule has 28 heavy (non-hydrogen) atoms. The Balaban J connectivity index is 1.51. The van der Waals surface area contributed by atoms with E-state index in [-0.39, 0.29) is 18.5 Å². The number of rotatable bonds is 7. The van der Waals surface area contributed by atoms with Crippen LogP contribution < -0.4 is 15.4 Å². The second-order valence-corrected chi connectivity index (χ2v) is 5.92. The van der Waals surface area contributed by atoms with Crippen LogP contribution in [-0.4, -0.2) is 25.6 Å². The van der Waals surface area contributed by atoms with Crippen LogP contribution in [0.4, 0.5) is 17.1 Å². The number of carbonyl (C=O) groups is 2. The minimum Gasteiger partial charge on any atom is -0.484 e. The van der Waals surface area contributed by atoms with Gasteiger partial charge < -0.3 is 20.1 Å². The van der Waals surface area contributed by atoms with Crippen molar-refractivity contribution in [2.24, 2.45) is 0 Å². The van der Waals surface area contributed by atoms with Crippen molar-refractivity contribution in [2.75, 3.05) is 24.4 Å². The molecule has 1 amide bonds. The van der Waals surface area contributed by atoms with E-state index < -0.39 is 0 Å². The van der Waals surface area contributed by atoms with Gasteiger partial charge in [0.25, 0.3) is 5.91 Å². The molecule has 142 valence electrons. The third-order valence-electron chi connectivity index (χ3n) is 3.88. The highest BCUT2D eigenvalue weighted by Crippen LogP contribution is 2.20. The standard InChI is InChI=1S/C22H20N2O4/c1-27-22(26)16-7-9-17(10-8-16)23-18-11-13-19(14-12-18)24-21(25)15-28-20-5-3-2-4-6-20/h2-14,23H,15H2,1H3,(H,24,25). The maximum atomic E-state index is 12.0. The molecule has 0 aromatic heterocycles. The van der Waals surface area contributed by atoms with Crippen molar-refractivity contribution >= 4 is 28.9 Å². The Morgan fingerprint density at radius 2 is 1.36 bits per heavy atom. The van der Waals surface area contributed by atoms with Gasteiger partial charge in [-0.3, -0.25) is 4.79 Å². The summed E-state index contributed by atoms with van der Waals surface area (Å²) < 4.78 is 10.1. The molecule has 3 rings (SSSR count). The SMILES string of the molecule is COC(=O)c1ccc(Nc2ccc(NC(=O)COc3ccccc3)cc2)cc1. The fraction of sp³-hybridized carbons (Fsp3) is 0.0909. The Bertz CT molecular complexity index is 923. The number of ether oxygens (including phenoxy) is 2. The fourth-order valence-electron chi connectivity index (χ4n) is 2.47. The second kappa shape index (κ2) is 9.23. The molecule has 0 bridgehead atoms. The molecule has 0 aliphatic carbocycles. The number of amides is 1. The molecule has 0 spiro atoms. The minimum absolute atomic E-state index is 0.0590. The van der Waals surface area contributed by atoms with Crippen molar-refractivity contribution in [1.82, 2.24) is 0 Å². The Labute approximate surface area is 163 Å². The van der Waals surface area contributed by atoms with E-state index >= 15 is 0 Å². The van der Waals surface area contributed by atoms with Crippen LogP contribution >= 0.6 is 0 Å². The molecule has 0 saturated heterocycles. The third-order valence-corrected chi connectivity index (χ3v) is 3.88. The summed E-state index contributed by atoms with van der Waals surface area (Å²) in [6, 6.07) is 23.4. The molecule has 0 unspecified atom stereocenters. The van der Waals surface area contributed by atoms with Gasteiger partial charge in [0, 0.05) is 17.1 Å². The van der Waals surface area contributed by atoms with Gasteiger partial charge in [0.05, 0.1) is 12.7 Å². The monoisotopic (exact) mass is 376 g/mol. The molecule has 0 saturated carbocycles. The van der Waals surface area contributed by atoms with E-state index in [1.807, 2.05) is 30.3 Å². The smallest absolute Gasteiger partial charge is 0.337 e. The molecule has 6 nitrogen and oxygen atoms in total. The van der Waals surface area contributed by atoms with Gasteiger partial charge in [-0.1, -0.05) is 18.2 Å². The Hall–Kier alpha value is -3.80. The quantitative estimate of drug-likeness (QED) is 0.604. The zero-order valence-corrected chi connectivity index (χ0v) is 15.3. The molecule has 0 heterocycles. The molecule has 2 N–H and O–H groups in total. The summed E-state index contributed by atoms with van der Waals surface area (Å²) >= 11 is 0. The highest BCUT2D eigenvalue weighted by molar-refractivity contribution is 5.92. The number of anilines is 3. The van der Waals surface area contributed by atoms with Gasteiger partial charge in [-0.2, -0.15) is 0 Å². The maximum absolute atomic E-state index is 12.0. The molecule has 0 aliphatic heterocycles. The highest BCUT2D eigenvalue weighted by Gasteiger charge is 2.06. The van der Waals surface area contributed by atoms with Crippen molar-refractivity contribution < 1.29 is 19.1 Å². The van der Waals surface area contributed by atoms with Crippen molar-refractivity contribution in [3.8, 4) is 5.75 Å². The van der Waals surface area contributed by atoms with E-state index in [0.717, 1.165) is 11.4 Å². The number of methoxy groups -OCH3 is 1. The average molecular weight is 376 g/mol. The molecule has 0 atom stereocenters. The topological polar surface area (TPSA) is 76.7 Å². The van der Waals surface area contributed by atoms with Crippen LogP contribution in [0.2, 0.25) is 0 Å². The largest absolute Gasteiger partial charge is 0.484 e. The van der Waals surface area contributed by atoms with Crippen LogP contribution in [0.5, 0.6) is 5.75 Å². The van der Waals surface area contributed by atoms with Gasteiger partial charge in [-0.15, -0.1) is 0 Å². The lowest BCUT2D eigenvalue weighted by Crippen LogP contribution is -2.20. The van der Waals surface area contributed by atoms with Crippen molar-refractivity contribution in [3.05, 3.63) is 84.4 Å². The maximum Gasteiger partial charge on any atom is 0.337 e. The fourth-order valence-corrected chi connectivity index (χ4v) is 2.47. The van der Waals surface area contributed by atoms with Crippen LogP contribution in [0.25, 0.3) is 0 Å². The van der Waals surface area contributed by atoms with Crippen LogP contribution in [-0.2, 0) is 9.53 Å². The van der Waals surface area contributed by atoms with E-state index in [4.69, 9.17) is 4.74 Å². The van der Waals surface area contributed by atoms with Gasteiger partial charge in [-0.25, -0.2) is 4.79 Å². The third kappa shape index (κ3) is 5.35. The first-order chi connectivity index (χ1) is 13.6. The van der Waals surface area contributed by atoms with Crippen LogP contribution in [0.1, 0.15) is 10.4 Å². The Morgan fingerprint density at radius 1 is 0.786 bits per heavy atom. The van der Waals surface area contributed by atoms with Crippen LogP contribution in [0.15, 0.2) is 78.9 Å². The van der Waals surface area contributed by atoms with Gasteiger partial charge in [0.1, 0.15) is 5.75 Å². The molecular formula is C22H20N2O4. The van der Waals surface area contributed by atoms with E-state index in [2.05, 4.69) is 15.4 Å². The van der Waals surface area contributed by atoms with Crippen molar-refractivity contribution in [2.45, 2.75) is 0 Å². The predicted octanol–water partition coefficient (Wildman–Crippen LogP) is 4.23. The summed E-state index contributed by atoms with van der Waals surface area (Å²) in [7, 11) is 1.35.